The monoisotopic (exact) mass is 485 g/mol. The van der Waals surface area contributed by atoms with Crippen LogP contribution in [0.5, 0.6) is 5.75 Å². The van der Waals surface area contributed by atoms with Gasteiger partial charge in [-0.2, -0.15) is 5.10 Å². The molecule has 3 heterocycles. The molecule has 5 fully saturated rings. The van der Waals surface area contributed by atoms with E-state index in [1.165, 1.54) is 18.9 Å². The summed E-state index contributed by atoms with van der Waals surface area (Å²) in [6.45, 7) is 3.36. The van der Waals surface area contributed by atoms with Gasteiger partial charge in [0.05, 0.1) is 17.2 Å². The van der Waals surface area contributed by atoms with Crippen molar-refractivity contribution in [1.29, 1.82) is 0 Å². The molecule has 3 atom stereocenters. The van der Waals surface area contributed by atoms with Gasteiger partial charge in [-0.1, -0.05) is 11.6 Å². The standard InChI is InChI=1S/C25H29ClFN5O2/c26-21-7-19(3-4-22(21)27)34-20-5-16-10-30(11-17(16)6-20)24(33)31-12-25(13-31)8-18(9-25)32-14-28-23(29-32)15-1-2-15/h3-4,7,14-18,20H,1-2,5-6,8-13H2/t16-,17+,20?. The van der Waals surface area contributed by atoms with Crippen molar-refractivity contribution < 1.29 is 13.9 Å². The van der Waals surface area contributed by atoms with Crippen molar-refractivity contribution in [2.45, 2.75) is 56.6 Å². The van der Waals surface area contributed by atoms with E-state index in [0.717, 1.165) is 57.7 Å². The maximum absolute atomic E-state index is 13.4. The Balaban J connectivity index is 0.881. The summed E-state index contributed by atoms with van der Waals surface area (Å²) < 4.78 is 21.5. The fourth-order valence-electron chi connectivity index (χ4n) is 6.72. The number of ether oxygens (including phenoxy) is 1. The van der Waals surface area contributed by atoms with Crippen molar-refractivity contribution in [3.63, 3.8) is 0 Å². The summed E-state index contributed by atoms with van der Waals surface area (Å²) in [6, 6.07) is 5.15. The van der Waals surface area contributed by atoms with Crippen LogP contribution in [0, 0.1) is 23.1 Å². The van der Waals surface area contributed by atoms with Crippen molar-refractivity contribution >= 4 is 17.6 Å². The molecule has 3 saturated carbocycles. The number of carbonyl (C=O) groups is 1. The summed E-state index contributed by atoms with van der Waals surface area (Å²) >= 11 is 5.88. The fourth-order valence-corrected chi connectivity index (χ4v) is 6.89. The van der Waals surface area contributed by atoms with Crippen molar-refractivity contribution in [2.75, 3.05) is 26.2 Å². The highest BCUT2D eigenvalue weighted by atomic mass is 35.5. The van der Waals surface area contributed by atoms with Crippen LogP contribution < -0.4 is 4.74 Å². The van der Waals surface area contributed by atoms with Gasteiger partial charge in [-0.05, 0) is 62.5 Å². The summed E-state index contributed by atoms with van der Waals surface area (Å²) in [4.78, 5) is 21.7. The first-order chi connectivity index (χ1) is 16.4. The highest BCUT2D eigenvalue weighted by molar-refractivity contribution is 6.30. The molecule has 2 saturated heterocycles. The Morgan fingerprint density at radius 3 is 2.53 bits per heavy atom. The highest BCUT2D eigenvalue weighted by Crippen LogP contribution is 2.54. The average molecular weight is 486 g/mol. The minimum atomic E-state index is -0.433. The second-order valence-electron chi connectivity index (χ2n) is 11.3. The molecule has 0 radical (unpaired) electrons. The van der Waals surface area contributed by atoms with Crippen LogP contribution in [0.2, 0.25) is 5.02 Å². The third-order valence-electron chi connectivity index (χ3n) is 8.68. The Kier molecular flexibility index (Phi) is 4.67. The molecule has 2 amide bonds. The molecular weight excluding hydrogens is 457 g/mol. The maximum Gasteiger partial charge on any atom is 0.320 e. The van der Waals surface area contributed by atoms with E-state index in [1.807, 2.05) is 16.1 Å². The third kappa shape index (κ3) is 3.56. The van der Waals surface area contributed by atoms with Gasteiger partial charge in [0.1, 0.15) is 17.9 Å². The van der Waals surface area contributed by atoms with Crippen LogP contribution in [-0.4, -0.2) is 62.9 Å². The van der Waals surface area contributed by atoms with E-state index in [9.17, 15) is 9.18 Å². The number of nitrogens with zero attached hydrogens (tertiary/aromatic N) is 5. The van der Waals surface area contributed by atoms with Crippen molar-refractivity contribution in [3.8, 4) is 5.75 Å². The predicted molar refractivity (Wildman–Crippen MR) is 123 cm³/mol. The van der Waals surface area contributed by atoms with Gasteiger partial charge in [-0.25, -0.2) is 18.9 Å². The van der Waals surface area contributed by atoms with Gasteiger partial charge >= 0.3 is 6.03 Å². The average Bonchev–Trinajstić information content (AvgIpc) is 3.17. The van der Waals surface area contributed by atoms with Gasteiger partial charge < -0.3 is 14.5 Å². The Morgan fingerprint density at radius 1 is 1.12 bits per heavy atom. The Labute approximate surface area is 203 Å². The van der Waals surface area contributed by atoms with Crippen molar-refractivity contribution in [3.05, 3.63) is 41.2 Å². The molecule has 0 bridgehead atoms. The lowest BCUT2D eigenvalue weighted by atomic mass is 9.61. The molecule has 34 heavy (non-hydrogen) atoms. The summed E-state index contributed by atoms with van der Waals surface area (Å²) in [5.74, 6) is 2.74. The number of urea groups is 1. The van der Waals surface area contributed by atoms with E-state index in [1.54, 1.807) is 12.1 Å². The number of halogens is 2. The number of fused-ring (bicyclic) bond motifs is 1. The molecule has 0 N–H and O–H groups in total. The molecule has 3 aliphatic carbocycles. The topological polar surface area (TPSA) is 63.5 Å². The van der Waals surface area contributed by atoms with Gasteiger partial charge in [0.25, 0.3) is 0 Å². The molecule has 1 aromatic heterocycles. The number of benzene rings is 1. The largest absolute Gasteiger partial charge is 0.490 e. The van der Waals surface area contributed by atoms with Gasteiger partial charge in [0.2, 0.25) is 0 Å². The molecule has 180 valence electrons. The van der Waals surface area contributed by atoms with Crippen molar-refractivity contribution in [1.82, 2.24) is 24.6 Å². The van der Waals surface area contributed by atoms with E-state index >= 15 is 0 Å². The van der Waals surface area contributed by atoms with E-state index in [4.69, 9.17) is 21.4 Å². The maximum atomic E-state index is 13.4. The second kappa shape index (κ2) is 7.57. The highest BCUT2D eigenvalue weighted by Gasteiger charge is 2.56. The van der Waals surface area contributed by atoms with E-state index < -0.39 is 5.82 Å². The summed E-state index contributed by atoms with van der Waals surface area (Å²) in [5.41, 5.74) is 0.289. The number of likely N-dealkylation sites (tertiary alicyclic amines) is 2. The van der Waals surface area contributed by atoms with Crippen molar-refractivity contribution in [2.24, 2.45) is 17.3 Å². The van der Waals surface area contributed by atoms with E-state index in [-0.39, 0.29) is 22.6 Å². The lowest BCUT2D eigenvalue weighted by Crippen LogP contribution is -2.65. The van der Waals surface area contributed by atoms with Gasteiger partial charge in [0.15, 0.2) is 5.82 Å². The first kappa shape index (κ1) is 21.0. The zero-order valence-electron chi connectivity index (χ0n) is 19.1. The smallest absolute Gasteiger partial charge is 0.320 e. The molecule has 1 spiro atoms. The van der Waals surface area contributed by atoms with Crippen LogP contribution in [-0.2, 0) is 0 Å². The summed E-state index contributed by atoms with van der Waals surface area (Å²) in [7, 11) is 0. The minimum Gasteiger partial charge on any atom is -0.490 e. The summed E-state index contributed by atoms with van der Waals surface area (Å²) in [6.07, 6.45) is 8.51. The summed E-state index contributed by atoms with van der Waals surface area (Å²) in [5, 5.41) is 4.78. The fraction of sp³-hybridized carbons (Fsp3) is 0.640. The van der Waals surface area contributed by atoms with Gasteiger partial charge in [-0.3, -0.25) is 0 Å². The van der Waals surface area contributed by atoms with Crippen LogP contribution in [0.15, 0.2) is 24.5 Å². The van der Waals surface area contributed by atoms with Gasteiger partial charge in [0, 0.05) is 43.6 Å². The molecule has 5 aliphatic rings. The second-order valence-corrected chi connectivity index (χ2v) is 11.7. The van der Waals surface area contributed by atoms with Crippen LogP contribution in [0.3, 0.4) is 0 Å². The quantitative estimate of drug-likeness (QED) is 0.640. The number of carbonyl (C=O) groups excluding carboxylic acids is 1. The minimum absolute atomic E-state index is 0.0851. The zero-order chi connectivity index (χ0) is 23.0. The zero-order valence-corrected chi connectivity index (χ0v) is 19.8. The molecule has 2 aliphatic heterocycles. The third-order valence-corrected chi connectivity index (χ3v) is 8.96. The van der Waals surface area contributed by atoms with E-state index in [2.05, 4.69) is 9.67 Å². The first-order valence-electron chi connectivity index (χ1n) is 12.5. The number of rotatable bonds is 4. The van der Waals surface area contributed by atoms with E-state index in [0.29, 0.717) is 29.5 Å². The van der Waals surface area contributed by atoms with Crippen LogP contribution in [0.4, 0.5) is 9.18 Å². The Bertz CT molecular complexity index is 1110. The SMILES string of the molecule is O=C(N1C[C@H]2CC(Oc3ccc(F)c(Cl)c3)C[C@H]2C1)N1CC2(CC(n3cnc(C4CC4)n3)C2)C1. The molecule has 9 heteroatoms. The first-order valence-corrected chi connectivity index (χ1v) is 12.9. The normalized spacial score (nSPS) is 29.8. The number of hydrogen-bond donors (Lipinski definition) is 0. The van der Waals surface area contributed by atoms with Crippen LogP contribution >= 0.6 is 11.6 Å². The molecule has 2 aromatic rings. The molecule has 7 nitrogen and oxygen atoms in total. The predicted octanol–water partition coefficient (Wildman–Crippen LogP) is 4.49. The number of aromatic nitrogens is 3. The molecular formula is C25H29ClFN5O2. The molecule has 1 unspecified atom stereocenters. The lowest BCUT2D eigenvalue weighted by Gasteiger charge is -2.59. The van der Waals surface area contributed by atoms with Crippen LogP contribution in [0.25, 0.3) is 0 Å². The molecule has 7 rings (SSSR count). The Hall–Kier alpha value is -2.35. The Morgan fingerprint density at radius 2 is 1.85 bits per heavy atom. The number of hydrogen-bond acceptors (Lipinski definition) is 4. The number of amides is 2. The molecule has 1 aromatic carbocycles. The lowest BCUT2D eigenvalue weighted by molar-refractivity contribution is -0.0735. The van der Waals surface area contributed by atoms with Crippen LogP contribution in [0.1, 0.15) is 56.3 Å². The van der Waals surface area contributed by atoms with Gasteiger partial charge in [-0.15, -0.1) is 0 Å².